The van der Waals surface area contributed by atoms with E-state index in [2.05, 4.69) is 22.3 Å². The molecule has 0 saturated carbocycles. The number of nitrogens with zero attached hydrogens (tertiary/aromatic N) is 2. The Kier molecular flexibility index (Phi) is 4.76. The highest BCUT2D eigenvalue weighted by Crippen LogP contribution is 2.15. The molecule has 0 aromatic heterocycles. The van der Waals surface area contributed by atoms with E-state index in [4.69, 9.17) is 0 Å². The molecule has 0 atom stereocenters. The first-order valence-electron chi connectivity index (χ1n) is 7.79. The number of carbonyl (C=O) groups is 1. The molecule has 2 aromatic rings. The summed E-state index contributed by atoms with van der Waals surface area (Å²) in [6.45, 7) is 3.35. The Morgan fingerprint density at radius 2 is 1.74 bits per heavy atom. The highest BCUT2D eigenvalue weighted by Gasteiger charge is 2.20. The van der Waals surface area contributed by atoms with Crippen molar-refractivity contribution in [1.29, 1.82) is 0 Å². The van der Waals surface area contributed by atoms with Gasteiger partial charge in [-0.15, -0.1) is 0 Å². The van der Waals surface area contributed by atoms with Gasteiger partial charge in [-0.05, 0) is 29.8 Å². The number of carbonyl (C=O) groups excluding carboxylic acids is 1. The first-order valence-corrected chi connectivity index (χ1v) is 7.79. The lowest BCUT2D eigenvalue weighted by molar-refractivity contribution is 0.194. The monoisotopic (exact) mass is 313 g/mol. The zero-order valence-corrected chi connectivity index (χ0v) is 12.9. The number of nitrogens with one attached hydrogen (secondary N) is 1. The molecule has 0 spiro atoms. The second-order valence-corrected chi connectivity index (χ2v) is 5.60. The largest absolute Gasteiger partial charge is 0.368 e. The molecule has 1 saturated heterocycles. The van der Waals surface area contributed by atoms with Crippen LogP contribution in [0.1, 0.15) is 5.56 Å². The van der Waals surface area contributed by atoms with Crippen LogP contribution in [0.5, 0.6) is 0 Å². The molecule has 120 valence electrons. The van der Waals surface area contributed by atoms with Crippen LogP contribution in [-0.4, -0.2) is 37.1 Å². The van der Waals surface area contributed by atoms with Gasteiger partial charge in [0.05, 0.1) is 0 Å². The second-order valence-electron chi connectivity index (χ2n) is 5.60. The number of amides is 2. The molecule has 0 aliphatic carbocycles. The molecular weight excluding hydrogens is 293 g/mol. The van der Waals surface area contributed by atoms with E-state index in [0.717, 1.165) is 18.7 Å². The zero-order chi connectivity index (χ0) is 16.1. The van der Waals surface area contributed by atoms with Gasteiger partial charge in [-0.1, -0.05) is 30.3 Å². The maximum Gasteiger partial charge on any atom is 0.317 e. The predicted molar refractivity (Wildman–Crippen MR) is 88.9 cm³/mol. The van der Waals surface area contributed by atoms with E-state index in [1.54, 1.807) is 17.0 Å². The van der Waals surface area contributed by atoms with Crippen molar-refractivity contribution in [2.45, 2.75) is 6.54 Å². The van der Waals surface area contributed by atoms with Crippen molar-refractivity contribution >= 4 is 11.7 Å². The molecule has 5 heteroatoms. The van der Waals surface area contributed by atoms with Crippen molar-refractivity contribution in [2.24, 2.45) is 0 Å². The van der Waals surface area contributed by atoms with Crippen LogP contribution < -0.4 is 10.2 Å². The number of halogens is 1. The number of urea groups is 1. The minimum absolute atomic E-state index is 0.0954. The van der Waals surface area contributed by atoms with Gasteiger partial charge < -0.3 is 15.1 Å². The summed E-state index contributed by atoms with van der Waals surface area (Å²) < 4.78 is 13.1. The number of hydrogen-bond acceptors (Lipinski definition) is 2. The SMILES string of the molecule is O=C(NCc1cccc(F)c1)N1CCN(c2ccccc2)CC1. The molecule has 2 aromatic carbocycles. The van der Waals surface area contributed by atoms with Gasteiger partial charge in [-0.3, -0.25) is 0 Å². The lowest BCUT2D eigenvalue weighted by Crippen LogP contribution is -2.51. The number of anilines is 1. The summed E-state index contributed by atoms with van der Waals surface area (Å²) in [5.41, 5.74) is 1.95. The van der Waals surface area contributed by atoms with Crippen molar-refractivity contribution < 1.29 is 9.18 Å². The average molecular weight is 313 g/mol. The lowest BCUT2D eigenvalue weighted by Gasteiger charge is -2.36. The van der Waals surface area contributed by atoms with Crippen LogP contribution in [0.3, 0.4) is 0 Å². The van der Waals surface area contributed by atoms with E-state index in [1.807, 2.05) is 18.2 Å². The standard InChI is InChI=1S/C18H20FN3O/c19-16-6-4-5-15(13-16)14-20-18(23)22-11-9-21(10-12-22)17-7-2-1-3-8-17/h1-8,13H,9-12,14H2,(H,20,23). The highest BCUT2D eigenvalue weighted by molar-refractivity contribution is 5.74. The lowest BCUT2D eigenvalue weighted by atomic mass is 10.2. The fourth-order valence-corrected chi connectivity index (χ4v) is 2.74. The molecule has 1 aliphatic rings. The van der Waals surface area contributed by atoms with E-state index >= 15 is 0 Å². The molecular formula is C18H20FN3O. The first kappa shape index (κ1) is 15.3. The Balaban J connectivity index is 1.48. The third-order valence-electron chi connectivity index (χ3n) is 4.02. The molecule has 23 heavy (non-hydrogen) atoms. The van der Waals surface area contributed by atoms with Crippen molar-refractivity contribution in [2.75, 3.05) is 31.1 Å². The van der Waals surface area contributed by atoms with Crippen molar-refractivity contribution in [3.8, 4) is 0 Å². The summed E-state index contributed by atoms with van der Waals surface area (Å²) >= 11 is 0. The Morgan fingerprint density at radius 1 is 1.00 bits per heavy atom. The minimum Gasteiger partial charge on any atom is -0.368 e. The molecule has 0 radical (unpaired) electrons. The summed E-state index contributed by atoms with van der Waals surface area (Å²) in [5, 5.41) is 2.85. The van der Waals surface area contributed by atoms with Crippen LogP contribution in [0.4, 0.5) is 14.9 Å². The second kappa shape index (κ2) is 7.13. The minimum atomic E-state index is -0.284. The predicted octanol–water partition coefficient (Wildman–Crippen LogP) is 2.86. The summed E-state index contributed by atoms with van der Waals surface area (Å²) in [6, 6.07) is 16.4. The molecule has 4 nitrogen and oxygen atoms in total. The van der Waals surface area contributed by atoms with Gasteiger partial charge in [0.1, 0.15) is 5.82 Å². The van der Waals surface area contributed by atoms with Crippen molar-refractivity contribution in [3.05, 3.63) is 66.0 Å². The highest BCUT2D eigenvalue weighted by atomic mass is 19.1. The van der Waals surface area contributed by atoms with E-state index < -0.39 is 0 Å². The number of piperazine rings is 1. The summed E-state index contributed by atoms with van der Waals surface area (Å²) in [4.78, 5) is 16.3. The Labute approximate surface area is 135 Å². The van der Waals surface area contributed by atoms with Gasteiger partial charge in [0.25, 0.3) is 0 Å². The normalized spacial score (nSPS) is 14.7. The van der Waals surface area contributed by atoms with Gasteiger partial charge >= 0.3 is 6.03 Å². The smallest absolute Gasteiger partial charge is 0.317 e. The van der Waals surface area contributed by atoms with Crippen molar-refractivity contribution in [1.82, 2.24) is 10.2 Å². The molecule has 1 fully saturated rings. The number of hydrogen-bond donors (Lipinski definition) is 1. The molecule has 3 rings (SSSR count). The maximum atomic E-state index is 13.1. The molecule has 2 amide bonds. The fraction of sp³-hybridized carbons (Fsp3) is 0.278. The van der Waals surface area contributed by atoms with Gasteiger partial charge in [-0.25, -0.2) is 9.18 Å². The molecule has 1 N–H and O–H groups in total. The summed E-state index contributed by atoms with van der Waals surface area (Å²) in [5.74, 6) is -0.284. The zero-order valence-electron chi connectivity index (χ0n) is 12.9. The van der Waals surface area contributed by atoms with Crippen LogP contribution in [0.15, 0.2) is 54.6 Å². The summed E-state index contributed by atoms with van der Waals surface area (Å²) in [7, 11) is 0. The number of para-hydroxylation sites is 1. The van der Waals surface area contributed by atoms with Crippen LogP contribution >= 0.6 is 0 Å². The first-order chi connectivity index (χ1) is 11.2. The van der Waals surface area contributed by atoms with E-state index in [9.17, 15) is 9.18 Å². The number of benzene rings is 2. The van der Waals surface area contributed by atoms with E-state index in [1.165, 1.54) is 17.8 Å². The maximum absolute atomic E-state index is 13.1. The van der Waals surface area contributed by atoms with E-state index in [0.29, 0.717) is 19.6 Å². The van der Waals surface area contributed by atoms with Gasteiger partial charge in [0.2, 0.25) is 0 Å². The van der Waals surface area contributed by atoms with Crippen molar-refractivity contribution in [3.63, 3.8) is 0 Å². The quantitative estimate of drug-likeness (QED) is 0.946. The van der Waals surface area contributed by atoms with Crippen LogP contribution in [0.2, 0.25) is 0 Å². The Morgan fingerprint density at radius 3 is 2.43 bits per heavy atom. The topological polar surface area (TPSA) is 35.6 Å². The molecule has 1 heterocycles. The van der Waals surface area contributed by atoms with Crippen LogP contribution in [0, 0.1) is 5.82 Å². The van der Waals surface area contributed by atoms with Crippen LogP contribution in [-0.2, 0) is 6.54 Å². The van der Waals surface area contributed by atoms with Crippen LogP contribution in [0.25, 0.3) is 0 Å². The molecule has 0 bridgehead atoms. The number of rotatable bonds is 3. The average Bonchev–Trinajstić information content (AvgIpc) is 2.61. The van der Waals surface area contributed by atoms with E-state index in [-0.39, 0.29) is 11.8 Å². The fourth-order valence-electron chi connectivity index (χ4n) is 2.74. The summed E-state index contributed by atoms with van der Waals surface area (Å²) in [6.07, 6.45) is 0. The third-order valence-corrected chi connectivity index (χ3v) is 4.02. The molecule has 0 unspecified atom stereocenters. The molecule has 1 aliphatic heterocycles. The Bertz CT molecular complexity index is 654. The Hall–Kier alpha value is -2.56. The van der Waals surface area contributed by atoms with Gasteiger partial charge in [0, 0.05) is 38.4 Å². The third kappa shape index (κ3) is 4.00. The van der Waals surface area contributed by atoms with Gasteiger partial charge in [-0.2, -0.15) is 0 Å². The van der Waals surface area contributed by atoms with Gasteiger partial charge in [0.15, 0.2) is 0 Å².